The summed E-state index contributed by atoms with van der Waals surface area (Å²) in [6.45, 7) is 1.40. The SMILES string of the molecule is Br.N#CC1(c2cc(F)cc(F)c2)CCNCC1. The molecule has 0 amide bonds. The van der Waals surface area contributed by atoms with E-state index in [2.05, 4.69) is 11.4 Å². The fraction of sp³-hybridized carbons (Fsp3) is 0.417. The number of piperidine rings is 1. The molecule has 92 valence electrons. The van der Waals surface area contributed by atoms with Crippen LogP contribution in [0.4, 0.5) is 8.78 Å². The first-order chi connectivity index (χ1) is 7.66. The molecule has 0 saturated carbocycles. The van der Waals surface area contributed by atoms with Crippen LogP contribution in [-0.2, 0) is 5.41 Å². The molecule has 0 spiro atoms. The van der Waals surface area contributed by atoms with Gasteiger partial charge in [0.25, 0.3) is 0 Å². The van der Waals surface area contributed by atoms with Crippen LogP contribution in [-0.4, -0.2) is 13.1 Å². The minimum Gasteiger partial charge on any atom is -0.317 e. The third-order valence-electron chi connectivity index (χ3n) is 3.09. The lowest BCUT2D eigenvalue weighted by Crippen LogP contribution is -2.39. The van der Waals surface area contributed by atoms with Crippen LogP contribution < -0.4 is 5.32 Å². The number of hydrogen-bond acceptors (Lipinski definition) is 2. The van der Waals surface area contributed by atoms with Gasteiger partial charge in [0, 0.05) is 6.07 Å². The minimum atomic E-state index is -0.742. The Labute approximate surface area is 109 Å². The second-order valence-corrected chi connectivity index (χ2v) is 4.10. The second-order valence-electron chi connectivity index (χ2n) is 4.10. The number of halogens is 3. The van der Waals surface area contributed by atoms with Crippen molar-refractivity contribution >= 4 is 17.0 Å². The first-order valence-corrected chi connectivity index (χ1v) is 5.25. The Kier molecular flexibility index (Phi) is 4.61. The molecule has 1 saturated heterocycles. The molecule has 2 nitrogen and oxygen atoms in total. The van der Waals surface area contributed by atoms with Gasteiger partial charge in [-0.05, 0) is 43.6 Å². The van der Waals surface area contributed by atoms with E-state index in [1.807, 2.05) is 0 Å². The zero-order chi connectivity index (χ0) is 11.6. The van der Waals surface area contributed by atoms with Gasteiger partial charge in [-0.15, -0.1) is 17.0 Å². The van der Waals surface area contributed by atoms with Gasteiger partial charge < -0.3 is 5.32 Å². The smallest absolute Gasteiger partial charge is 0.126 e. The van der Waals surface area contributed by atoms with Gasteiger partial charge in [-0.25, -0.2) is 8.78 Å². The zero-order valence-corrected chi connectivity index (χ0v) is 10.9. The molecule has 5 heteroatoms. The highest BCUT2D eigenvalue weighted by Crippen LogP contribution is 2.33. The Hall–Kier alpha value is -0.990. The lowest BCUT2D eigenvalue weighted by atomic mass is 9.74. The van der Waals surface area contributed by atoms with E-state index in [0.29, 0.717) is 31.5 Å². The lowest BCUT2D eigenvalue weighted by molar-refractivity contribution is 0.379. The van der Waals surface area contributed by atoms with E-state index in [9.17, 15) is 14.0 Å². The van der Waals surface area contributed by atoms with Gasteiger partial charge in [-0.2, -0.15) is 5.26 Å². The van der Waals surface area contributed by atoms with Crippen LogP contribution in [0.5, 0.6) is 0 Å². The van der Waals surface area contributed by atoms with Crippen molar-refractivity contribution in [3.8, 4) is 6.07 Å². The molecule has 0 aliphatic carbocycles. The Morgan fingerprint density at radius 3 is 2.12 bits per heavy atom. The van der Waals surface area contributed by atoms with Crippen molar-refractivity contribution in [3.63, 3.8) is 0 Å². The Balaban J connectivity index is 0.00000144. The molecule has 0 radical (unpaired) electrons. The molecule has 0 bridgehead atoms. The molecule has 1 heterocycles. The summed E-state index contributed by atoms with van der Waals surface area (Å²) < 4.78 is 26.2. The average molecular weight is 303 g/mol. The number of hydrogen-bond donors (Lipinski definition) is 1. The van der Waals surface area contributed by atoms with Gasteiger partial charge in [0.1, 0.15) is 11.6 Å². The van der Waals surface area contributed by atoms with E-state index in [0.717, 1.165) is 6.07 Å². The number of nitriles is 1. The maximum absolute atomic E-state index is 13.1. The second kappa shape index (κ2) is 5.56. The predicted octanol–water partition coefficient (Wildman–Crippen LogP) is 2.69. The van der Waals surface area contributed by atoms with Gasteiger partial charge in [-0.3, -0.25) is 0 Å². The number of rotatable bonds is 1. The first kappa shape index (κ1) is 14.1. The van der Waals surface area contributed by atoms with Gasteiger partial charge in [0.15, 0.2) is 0 Å². The van der Waals surface area contributed by atoms with Crippen molar-refractivity contribution in [1.82, 2.24) is 5.32 Å². The Morgan fingerprint density at radius 1 is 1.12 bits per heavy atom. The Morgan fingerprint density at radius 2 is 1.65 bits per heavy atom. The number of benzene rings is 1. The summed E-state index contributed by atoms with van der Waals surface area (Å²) in [4.78, 5) is 0. The first-order valence-electron chi connectivity index (χ1n) is 5.25. The summed E-state index contributed by atoms with van der Waals surface area (Å²) in [5.74, 6) is -1.24. The van der Waals surface area contributed by atoms with E-state index in [1.165, 1.54) is 12.1 Å². The highest BCUT2D eigenvalue weighted by atomic mass is 79.9. The average Bonchev–Trinajstić information content (AvgIpc) is 2.28. The zero-order valence-electron chi connectivity index (χ0n) is 9.17. The molecule has 1 aromatic carbocycles. The Bertz CT molecular complexity index is 416. The standard InChI is InChI=1S/C12H12F2N2.BrH/c13-10-5-9(6-11(14)7-10)12(8-15)1-3-16-4-2-12;/h5-7,16H,1-4H2;1H. The summed E-state index contributed by atoms with van der Waals surface area (Å²) in [7, 11) is 0. The fourth-order valence-electron chi connectivity index (χ4n) is 2.15. The number of nitrogens with zero attached hydrogens (tertiary/aromatic N) is 1. The van der Waals surface area contributed by atoms with E-state index in [-0.39, 0.29) is 17.0 Å². The molecule has 1 N–H and O–H groups in total. The summed E-state index contributed by atoms with van der Waals surface area (Å²) in [5, 5.41) is 12.4. The molecule has 0 unspecified atom stereocenters. The van der Waals surface area contributed by atoms with Crippen LogP contribution in [0, 0.1) is 23.0 Å². The molecule has 1 aliphatic rings. The van der Waals surface area contributed by atoms with Crippen LogP contribution in [0.3, 0.4) is 0 Å². The van der Waals surface area contributed by atoms with Gasteiger partial charge in [0.05, 0.1) is 11.5 Å². The van der Waals surface area contributed by atoms with E-state index < -0.39 is 17.0 Å². The van der Waals surface area contributed by atoms with Crippen molar-refractivity contribution in [1.29, 1.82) is 5.26 Å². The summed E-state index contributed by atoms with van der Waals surface area (Å²) in [6.07, 6.45) is 1.18. The topological polar surface area (TPSA) is 35.8 Å². The molecule has 0 atom stereocenters. The van der Waals surface area contributed by atoms with Crippen molar-refractivity contribution in [3.05, 3.63) is 35.4 Å². The minimum absolute atomic E-state index is 0. The molecular formula is C12H13BrF2N2. The number of nitrogens with one attached hydrogen (secondary N) is 1. The summed E-state index contributed by atoms with van der Waals surface area (Å²) >= 11 is 0. The van der Waals surface area contributed by atoms with Gasteiger partial charge in [0.2, 0.25) is 0 Å². The molecular weight excluding hydrogens is 290 g/mol. The van der Waals surface area contributed by atoms with Gasteiger partial charge in [-0.1, -0.05) is 0 Å². The summed E-state index contributed by atoms with van der Waals surface area (Å²) in [5.41, 5.74) is -0.289. The lowest BCUT2D eigenvalue weighted by Gasteiger charge is -2.31. The van der Waals surface area contributed by atoms with E-state index in [1.54, 1.807) is 0 Å². The third kappa shape index (κ3) is 2.82. The van der Waals surface area contributed by atoms with Crippen LogP contribution in [0.1, 0.15) is 18.4 Å². The van der Waals surface area contributed by atoms with Crippen molar-refractivity contribution in [2.45, 2.75) is 18.3 Å². The highest BCUT2D eigenvalue weighted by molar-refractivity contribution is 8.93. The van der Waals surface area contributed by atoms with Crippen LogP contribution in [0.25, 0.3) is 0 Å². The maximum atomic E-state index is 13.1. The molecule has 17 heavy (non-hydrogen) atoms. The van der Waals surface area contributed by atoms with E-state index >= 15 is 0 Å². The molecule has 1 aromatic rings. The van der Waals surface area contributed by atoms with Crippen LogP contribution >= 0.6 is 17.0 Å². The predicted molar refractivity (Wildman–Crippen MR) is 66.1 cm³/mol. The quantitative estimate of drug-likeness (QED) is 0.866. The molecule has 2 rings (SSSR count). The van der Waals surface area contributed by atoms with E-state index in [4.69, 9.17) is 0 Å². The van der Waals surface area contributed by atoms with Crippen LogP contribution in [0.15, 0.2) is 18.2 Å². The molecule has 1 fully saturated rings. The highest BCUT2D eigenvalue weighted by Gasteiger charge is 2.34. The van der Waals surface area contributed by atoms with Crippen LogP contribution in [0.2, 0.25) is 0 Å². The fourth-order valence-corrected chi connectivity index (χ4v) is 2.15. The van der Waals surface area contributed by atoms with Crippen molar-refractivity contribution in [2.75, 3.05) is 13.1 Å². The largest absolute Gasteiger partial charge is 0.317 e. The monoisotopic (exact) mass is 302 g/mol. The summed E-state index contributed by atoms with van der Waals surface area (Å²) in [6, 6.07) is 5.57. The van der Waals surface area contributed by atoms with Gasteiger partial charge >= 0.3 is 0 Å². The molecule has 0 aromatic heterocycles. The maximum Gasteiger partial charge on any atom is 0.126 e. The normalized spacial score (nSPS) is 17.9. The third-order valence-corrected chi connectivity index (χ3v) is 3.09. The molecule has 1 aliphatic heterocycles. The van der Waals surface area contributed by atoms with Crippen molar-refractivity contribution < 1.29 is 8.78 Å². The van der Waals surface area contributed by atoms with Crippen molar-refractivity contribution in [2.24, 2.45) is 0 Å².